The first-order valence-corrected chi connectivity index (χ1v) is 6.34. The fourth-order valence-corrected chi connectivity index (χ4v) is 1.57. The molecule has 1 amide bonds. The van der Waals surface area contributed by atoms with Gasteiger partial charge in [0.1, 0.15) is 5.75 Å². The summed E-state index contributed by atoms with van der Waals surface area (Å²) in [7, 11) is 1.38. The Morgan fingerprint density at radius 1 is 1.35 bits per heavy atom. The Morgan fingerprint density at radius 2 is 2.05 bits per heavy atom. The number of carboxylic acids is 1. The Balaban J connectivity index is 2.82. The number of nitrogens with one attached hydrogen (secondary N) is 1. The van der Waals surface area contributed by atoms with Crippen molar-refractivity contribution in [3.8, 4) is 5.75 Å². The number of hydrogen-bond donors (Lipinski definition) is 2. The normalized spacial score (nSPS) is 11.7. The van der Waals surface area contributed by atoms with Crippen LogP contribution in [-0.4, -0.2) is 43.3 Å². The van der Waals surface area contributed by atoms with Crippen LogP contribution in [0.15, 0.2) is 24.3 Å². The number of aliphatic carboxylic acids is 1. The predicted molar refractivity (Wildman–Crippen MR) is 73.0 cm³/mol. The molecule has 1 aromatic rings. The summed E-state index contributed by atoms with van der Waals surface area (Å²) in [6.07, 6.45) is 0.817. The van der Waals surface area contributed by atoms with Crippen molar-refractivity contribution in [1.82, 2.24) is 5.32 Å². The molecule has 110 valence electrons. The molecule has 1 atom stereocenters. The SMILES string of the molecule is CCCOc1ccccc1C(=O)N[C@@H](COC)C(=O)O. The zero-order valence-corrected chi connectivity index (χ0v) is 11.6. The second-order valence-corrected chi connectivity index (χ2v) is 4.16. The van der Waals surface area contributed by atoms with E-state index in [0.29, 0.717) is 17.9 Å². The maximum absolute atomic E-state index is 12.1. The first-order chi connectivity index (χ1) is 9.60. The van der Waals surface area contributed by atoms with Gasteiger partial charge in [0.15, 0.2) is 6.04 Å². The quantitative estimate of drug-likeness (QED) is 0.750. The van der Waals surface area contributed by atoms with E-state index in [4.69, 9.17) is 14.6 Å². The number of methoxy groups -OCH3 is 1. The Hall–Kier alpha value is -2.08. The summed E-state index contributed by atoms with van der Waals surface area (Å²) in [6, 6.07) is 5.63. The lowest BCUT2D eigenvalue weighted by Crippen LogP contribution is -2.43. The van der Waals surface area contributed by atoms with Gasteiger partial charge in [-0.15, -0.1) is 0 Å². The highest BCUT2D eigenvalue weighted by atomic mass is 16.5. The minimum atomic E-state index is -1.15. The van der Waals surface area contributed by atoms with Crippen LogP contribution in [0.5, 0.6) is 5.75 Å². The minimum absolute atomic E-state index is 0.0982. The second-order valence-electron chi connectivity index (χ2n) is 4.16. The average molecular weight is 281 g/mol. The van der Waals surface area contributed by atoms with Gasteiger partial charge in [-0.1, -0.05) is 19.1 Å². The van der Waals surface area contributed by atoms with Crippen LogP contribution in [0.3, 0.4) is 0 Å². The molecular weight excluding hydrogens is 262 g/mol. The highest BCUT2D eigenvalue weighted by molar-refractivity contribution is 5.98. The van der Waals surface area contributed by atoms with Gasteiger partial charge < -0.3 is 19.9 Å². The van der Waals surface area contributed by atoms with Gasteiger partial charge in [-0.2, -0.15) is 0 Å². The van der Waals surface area contributed by atoms with Gasteiger partial charge >= 0.3 is 5.97 Å². The average Bonchev–Trinajstić information content (AvgIpc) is 2.44. The number of amides is 1. The zero-order valence-electron chi connectivity index (χ0n) is 11.6. The van der Waals surface area contributed by atoms with E-state index in [-0.39, 0.29) is 6.61 Å². The van der Waals surface area contributed by atoms with Crippen LogP contribution in [0.25, 0.3) is 0 Å². The molecule has 1 rings (SSSR count). The molecule has 0 aromatic heterocycles. The molecular formula is C14H19NO5. The maximum Gasteiger partial charge on any atom is 0.328 e. The van der Waals surface area contributed by atoms with E-state index in [2.05, 4.69) is 5.32 Å². The number of rotatable bonds is 8. The van der Waals surface area contributed by atoms with Crippen molar-refractivity contribution in [2.24, 2.45) is 0 Å². The monoisotopic (exact) mass is 281 g/mol. The molecule has 0 spiro atoms. The van der Waals surface area contributed by atoms with Crippen LogP contribution in [0.1, 0.15) is 23.7 Å². The lowest BCUT2D eigenvalue weighted by Gasteiger charge is -2.15. The molecule has 0 aliphatic carbocycles. The molecule has 0 bridgehead atoms. The number of carbonyl (C=O) groups excluding carboxylic acids is 1. The van der Waals surface area contributed by atoms with Crippen LogP contribution in [0.4, 0.5) is 0 Å². The topological polar surface area (TPSA) is 84.9 Å². The number of carboxylic acid groups (broad SMARTS) is 1. The van der Waals surface area contributed by atoms with Gasteiger partial charge in [0.25, 0.3) is 5.91 Å². The van der Waals surface area contributed by atoms with Crippen LogP contribution in [0.2, 0.25) is 0 Å². The van der Waals surface area contributed by atoms with Crippen molar-refractivity contribution in [3.63, 3.8) is 0 Å². The largest absolute Gasteiger partial charge is 0.493 e. The smallest absolute Gasteiger partial charge is 0.328 e. The third-order valence-corrected chi connectivity index (χ3v) is 2.53. The van der Waals surface area contributed by atoms with E-state index >= 15 is 0 Å². The number of para-hydroxylation sites is 1. The zero-order chi connectivity index (χ0) is 15.0. The molecule has 1 aromatic carbocycles. The predicted octanol–water partition coefficient (Wildman–Crippen LogP) is 1.30. The molecule has 0 saturated heterocycles. The summed E-state index contributed by atoms with van der Waals surface area (Å²) in [5.41, 5.74) is 0.309. The third-order valence-electron chi connectivity index (χ3n) is 2.53. The summed E-state index contributed by atoms with van der Waals surface area (Å²) in [5, 5.41) is 11.4. The van der Waals surface area contributed by atoms with Crippen LogP contribution < -0.4 is 10.1 Å². The highest BCUT2D eigenvalue weighted by Gasteiger charge is 2.22. The molecule has 0 saturated carbocycles. The van der Waals surface area contributed by atoms with Crippen LogP contribution >= 0.6 is 0 Å². The molecule has 0 aliphatic heterocycles. The van der Waals surface area contributed by atoms with E-state index in [1.54, 1.807) is 24.3 Å². The van der Waals surface area contributed by atoms with Gasteiger partial charge in [-0.05, 0) is 18.6 Å². The van der Waals surface area contributed by atoms with Crippen molar-refractivity contribution in [1.29, 1.82) is 0 Å². The molecule has 0 unspecified atom stereocenters. The fourth-order valence-electron chi connectivity index (χ4n) is 1.57. The van der Waals surface area contributed by atoms with Crippen molar-refractivity contribution in [3.05, 3.63) is 29.8 Å². The molecule has 6 heteroatoms. The van der Waals surface area contributed by atoms with E-state index in [1.807, 2.05) is 6.92 Å². The maximum atomic E-state index is 12.1. The van der Waals surface area contributed by atoms with Crippen molar-refractivity contribution in [2.45, 2.75) is 19.4 Å². The van der Waals surface area contributed by atoms with Crippen LogP contribution in [0, 0.1) is 0 Å². The van der Waals surface area contributed by atoms with Gasteiger partial charge in [0, 0.05) is 7.11 Å². The molecule has 0 heterocycles. The fraction of sp³-hybridized carbons (Fsp3) is 0.429. The second kappa shape index (κ2) is 8.16. The molecule has 0 radical (unpaired) electrons. The van der Waals surface area contributed by atoms with E-state index < -0.39 is 17.9 Å². The van der Waals surface area contributed by atoms with Gasteiger partial charge in [-0.3, -0.25) is 4.79 Å². The summed E-state index contributed by atoms with van der Waals surface area (Å²) < 4.78 is 10.2. The van der Waals surface area contributed by atoms with Crippen molar-refractivity contribution < 1.29 is 24.2 Å². The molecule has 0 aliphatic rings. The molecule has 6 nitrogen and oxygen atoms in total. The molecule has 20 heavy (non-hydrogen) atoms. The standard InChI is InChI=1S/C14H19NO5/c1-3-8-20-12-7-5-4-6-10(12)13(16)15-11(9-19-2)14(17)18/h4-7,11H,3,8-9H2,1-2H3,(H,15,16)(H,17,18)/t11-/m0/s1. The Morgan fingerprint density at radius 3 is 2.65 bits per heavy atom. The molecule has 0 fully saturated rings. The Bertz CT molecular complexity index is 461. The summed E-state index contributed by atoms with van der Waals surface area (Å²) >= 11 is 0. The van der Waals surface area contributed by atoms with Gasteiger partial charge in [0.2, 0.25) is 0 Å². The summed E-state index contributed by atoms with van der Waals surface area (Å²) in [5.74, 6) is -1.21. The van der Waals surface area contributed by atoms with Gasteiger partial charge in [0.05, 0.1) is 18.8 Å². The first-order valence-electron chi connectivity index (χ1n) is 6.34. The minimum Gasteiger partial charge on any atom is -0.493 e. The third kappa shape index (κ3) is 4.55. The number of carbonyl (C=O) groups is 2. The van der Waals surface area contributed by atoms with E-state index in [9.17, 15) is 9.59 Å². The highest BCUT2D eigenvalue weighted by Crippen LogP contribution is 2.18. The van der Waals surface area contributed by atoms with Crippen LogP contribution in [-0.2, 0) is 9.53 Å². The number of hydrogen-bond acceptors (Lipinski definition) is 4. The van der Waals surface area contributed by atoms with Crippen molar-refractivity contribution in [2.75, 3.05) is 20.3 Å². The van der Waals surface area contributed by atoms with E-state index in [1.165, 1.54) is 7.11 Å². The first kappa shape index (κ1) is 16.0. The molecule has 2 N–H and O–H groups in total. The van der Waals surface area contributed by atoms with E-state index in [0.717, 1.165) is 6.42 Å². The summed E-state index contributed by atoms with van der Waals surface area (Å²) in [4.78, 5) is 23.1. The lowest BCUT2D eigenvalue weighted by atomic mass is 10.1. The van der Waals surface area contributed by atoms with Gasteiger partial charge in [-0.25, -0.2) is 4.79 Å². The van der Waals surface area contributed by atoms with Crippen molar-refractivity contribution >= 4 is 11.9 Å². The Labute approximate surface area is 117 Å². The summed E-state index contributed by atoms with van der Waals surface area (Å²) in [6.45, 7) is 2.35. The number of benzene rings is 1. The lowest BCUT2D eigenvalue weighted by molar-refractivity contribution is -0.140. The number of ether oxygens (including phenoxy) is 2. The Kier molecular flexibility index (Phi) is 6.52.